The first-order valence-electron chi connectivity index (χ1n) is 7.81. The van der Waals surface area contributed by atoms with Gasteiger partial charge in [-0.15, -0.1) is 0 Å². The summed E-state index contributed by atoms with van der Waals surface area (Å²) in [4.78, 5) is 0. The summed E-state index contributed by atoms with van der Waals surface area (Å²) in [6, 6.07) is 14.7. The minimum absolute atomic E-state index is 0.827. The average molecular weight is 269 g/mol. The third kappa shape index (κ3) is 4.88. The number of hydrogen-bond acceptors (Lipinski definition) is 1. The quantitative estimate of drug-likeness (QED) is 0.524. The van der Waals surface area contributed by atoms with E-state index in [9.17, 15) is 0 Å². The number of fused-ring (bicyclic) bond motifs is 1. The molecule has 0 bridgehead atoms. The molecular weight excluding hydrogens is 244 g/mol. The van der Waals surface area contributed by atoms with Crippen molar-refractivity contribution in [3.05, 3.63) is 49.4 Å². The number of hydrogen-bond donors (Lipinski definition) is 0. The standard InChI is InChI=1S/C19H25O/c1-2-3-4-5-6-7-10-15-20-19-14-13-17-11-8-9-12-18(17)16-19/h8-9,11-14,16H,1-7,10,15H2. The summed E-state index contributed by atoms with van der Waals surface area (Å²) in [5.74, 6) is 0.987. The van der Waals surface area contributed by atoms with Crippen molar-refractivity contribution in [1.29, 1.82) is 0 Å². The highest BCUT2D eigenvalue weighted by Crippen LogP contribution is 2.20. The van der Waals surface area contributed by atoms with Gasteiger partial charge in [0.15, 0.2) is 0 Å². The molecule has 1 radical (unpaired) electrons. The highest BCUT2D eigenvalue weighted by atomic mass is 16.5. The molecule has 2 aromatic carbocycles. The Balaban J connectivity index is 1.65. The molecule has 0 fully saturated rings. The Morgan fingerprint density at radius 3 is 2.25 bits per heavy atom. The Labute approximate surface area is 123 Å². The van der Waals surface area contributed by atoms with Gasteiger partial charge in [0, 0.05) is 0 Å². The molecule has 1 nitrogen and oxygen atoms in total. The molecule has 0 aromatic heterocycles. The van der Waals surface area contributed by atoms with Crippen LogP contribution >= 0.6 is 0 Å². The van der Waals surface area contributed by atoms with Gasteiger partial charge in [0.25, 0.3) is 0 Å². The van der Waals surface area contributed by atoms with E-state index in [1.54, 1.807) is 0 Å². The first kappa shape index (κ1) is 14.9. The van der Waals surface area contributed by atoms with Crippen molar-refractivity contribution in [1.82, 2.24) is 0 Å². The van der Waals surface area contributed by atoms with Crippen LogP contribution in [0.1, 0.15) is 44.9 Å². The van der Waals surface area contributed by atoms with E-state index in [0.717, 1.165) is 25.2 Å². The van der Waals surface area contributed by atoms with Crippen LogP contribution in [0.4, 0.5) is 0 Å². The Morgan fingerprint density at radius 2 is 1.45 bits per heavy atom. The Hall–Kier alpha value is -1.50. The van der Waals surface area contributed by atoms with Crippen molar-refractivity contribution < 1.29 is 4.74 Å². The molecule has 0 saturated heterocycles. The highest BCUT2D eigenvalue weighted by molar-refractivity contribution is 5.83. The van der Waals surface area contributed by atoms with Crippen LogP contribution in [0.3, 0.4) is 0 Å². The SMILES string of the molecule is [CH2]CCCCCCCCOc1ccc2ccccc2c1. The van der Waals surface area contributed by atoms with Crippen LogP contribution < -0.4 is 4.74 Å². The van der Waals surface area contributed by atoms with E-state index < -0.39 is 0 Å². The fourth-order valence-corrected chi connectivity index (χ4v) is 2.43. The van der Waals surface area contributed by atoms with Crippen LogP contribution in [0.15, 0.2) is 42.5 Å². The summed E-state index contributed by atoms with van der Waals surface area (Å²) in [7, 11) is 0. The maximum absolute atomic E-state index is 5.83. The summed E-state index contributed by atoms with van der Waals surface area (Å²) in [6.07, 6.45) is 8.75. The zero-order chi connectivity index (χ0) is 14.0. The summed E-state index contributed by atoms with van der Waals surface area (Å²) >= 11 is 0. The lowest BCUT2D eigenvalue weighted by Crippen LogP contribution is -1.97. The summed E-state index contributed by atoms with van der Waals surface area (Å²) in [5, 5.41) is 2.52. The molecule has 2 aromatic rings. The minimum Gasteiger partial charge on any atom is -0.494 e. The van der Waals surface area contributed by atoms with Gasteiger partial charge in [0.05, 0.1) is 6.61 Å². The van der Waals surface area contributed by atoms with E-state index in [1.807, 2.05) is 0 Å². The topological polar surface area (TPSA) is 9.23 Å². The first-order valence-corrected chi connectivity index (χ1v) is 7.81. The van der Waals surface area contributed by atoms with Crippen molar-refractivity contribution in [2.45, 2.75) is 44.9 Å². The van der Waals surface area contributed by atoms with Gasteiger partial charge in [-0.1, -0.05) is 75.8 Å². The van der Waals surface area contributed by atoms with Crippen LogP contribution in [-0.2, 0) is 0 Å². The van der Waals surface area contributed by atoms with Gasteiger partial charge >= 0.3 is 0 Å². The fourth-order valence-electron chi connectivity index (χ4n) is 2.43. The number of unbranched alkanes of at least 4 members (excludes halogenated alkanes) is 6. The van der Waals surface area contributed by atoms with E-state index in [2.05, 4.69) is 49.4 Å². The van der Waals surface area contributed by atoms with Crippen molar-refractivity contribution in [2.24, 2.45) is 0 Å². The molecular formula is C19H25O. The highest BCUT2D eigenvalue weighted by Gasteiger charge is 1.97. The smallest absolute Gasteiger partial charge is 0.119 e. The zero-order valence-electron chi connectivity index (χ0n) is 12.3. The summed E-state index contributed by atoms with van der Waals surface area (Å²) in [6.45, 7) is 4.70. The van der Waals surface area contributed by atoms with Crippen LogP contribution in [0.5, 0.6) is 5.75 Å². The maximum Gasteiger partial charge on any atom is 0.119 e. The molecule has 0 aliphatic heterocycles. The molecule has 0 aliphatic carbocycles. The molecule has 0 atom stereocenters. The number of rotatable bonds is 9. The van der Waals surface area contributed by atoms with Crippen molar-refractivity contribution >= 4 is 10.8 Å². The molecule has 0 heterocycles. The van der Waals surface area contributed by atoms with Crippen LogP contribution in [0.25, 0.3) is 10.8 Å². The Bertz CT molecular complexity index is 504. The average Bonchev–Trinajstić information content (AvgIpc) is 2.50. The van der Waals surface area contributed by atoms with Crippen LogP contribution in [-0.4, -0.2) is 6.61 Å². The van der Waals surface area contributed by atoms with Crippen LogP contribution in [0, 0.1) is 6.92 Å². The van der Waals surface area contributed by atoms with Crippen molar-refractivity contribution in [3.8, 4) is 5.75 Å². The number of ether oxygens (including phenoxy) is 1. The van der Waals surface area contributed by atoms with E-state index in [-0.39, 0.29) is 0 Å². The van der Waals surface area contributed by atoms with Gasteiger partial charge in [-0.2, -0.15) is 0 Å². The zero-order valence-corrected chi connectivity index (χ0v) is 12.3. The lowest BCUT2D eigenvalue weighted by atomic mass is 10.1. The van der Waals surface area contributed by atoms with Crippen LogP contribution in [0.2, 0.25) is 0 Å². The predicted octanol–water partition coefficient (Wildman–Crippen LogP) is 5.78. The maximum atomic E-state index is 5.83. The second-order valence-electron chi connectivity index (χ2n) is 5.33. The molecule has 0 amide bonds. The lowest BCUT2D eigenvalue weighted by Gasteiger charge is -2.07. The molecule has 1 heteroatoms. The second kappa shape index (κ2) is 8.63. The van der Waals surface area contributed by atoms with E-state index >= 15 is 0 Å². The molecule has 0 saturated carbocycles. The van der Waals surface area contributed by atoms with Crippen molar-refractivity contribution in [3.63, 3.8) is 0 Å². The normalized spacial score (nSPS) is 10.8. The van der Waals surface area contributed by atoms with Gasteiger partial charge in [0.2, 0.25) is 0 Å². The Kier molecular flexibility index (Phi) is 6.43. The molecule has 0 spiro atoms. The monoisotopic (exact) mass is 269 g/mol. The molecule has 2 rings (SSSR count). The van der Waals surface area contributed by atoms with Gasteiger partial charge in [-0.05, 0) is 29.3 Å². The van der Waals surface area contributed by atoms with E-state index in [4.69, 9.17) is 4.74 Å². The molecule has 0 N–H and O–H groups in total. The molecule has 0 aliphatic rings. The molecule has 20 heavy (non-hydrogen) atoms. The Morgan fingerprint density at radius 1 is 0.750 bits per heavy atom. The second-order valence-corrected chi connectivity index (χ2v) is 5.33. The molecule has 107 valence electrons. The fraction of sp³-hybridized carbons (Fsp3) is 0.421. The first-order chi connectivity index (χ1) is 9.90. The van der Waals surface area contributed by atoms with Gasteiger partial charge in [0.1, 0.15) is 5.75 Å². The number of benzene rings is 2. The van der Waals surface area contributed by atoms with Gasteiger partial charge in [-0.3, -0.25) is 0 Å². The summed E-state index contributed by atoms with van der Waals surface area (Å²) in [5.41, 5.74) is 0. The predicted molar refractivity (Wildman–Crippen MR) is 87.1 cm³/mol. The minimum atomic E-state index is 0.827. The van der Waals surface area contributed by atoms with E-state index in [0.29, 0.717) is 0 Å². The van der Waals surface area contributed by atoms with Gasteiger partial charge in [-0.25, -0.2) is 0 Å². The largest absolute Gasteiger partial charge is 0.494 e. The van der Waals surface area contributed by atoms with Crippen molar-refractivity contribution in [2.75, 3.05) is 6.61 Å². The summed E-state index contributed by atoms with van der Waals surface area (Å²) < 4.78 is 5.83. The molecule has 0 unspecified atom stereocenters. The third-order valence-electron chi connectivity index (χ3n) is 3.63. The third-order valence-corrected chi connectivity index (χ3v) is 3.63. The van der Waals surface area contributed by atoms with Gasteiger partial charge < -0.3 is 4.74 Å². The lowest BCUT2D eigenvalue weighted by molar-refractivity contribution is 0.304. The van der Waals surface area contributed by atoms with E-state index in [1.165, 1.54) is 42.9 Å².